The molecule has 2 aromatic carbocycles. The van der Waals surface area contributed by atoms with E-state index < -0.39 is 6.10 Å². The fraction of sp³-hybridized carbons (Fsp3) is 0.235. The van der Waals surface area contributed by atoms with Crippen molar-refractivity contribution in [3.05, 3.63) is 58.7 Å². The van der Waals surface area contributed by atoms with Crippen LogP contribution in [0.1, 0.15) is 28.4 Å². The molecule has 4 heteroatoms. The number of aryl methyl sites for hydroxylation is 2. The minimum Gasteiger partial charge on any atom is -0.490 e. The number of benzene rings is 2. The minimum atomic E-state index is -0.747. The van der Waals surface area contributed by atoms with E-state index in [1.54, 1.807) is 30.3 Å². The average Bonchev–Trinajstić information content (AvgIpc) is 2.45. The van der Waals surface area contributed by atoms with Gasteiger partial charge in [0.1, 0.15) is 18.5 Å². The standard InChI is InChI=1S/C17H18N2O2/c1-11-6-13(9-18)7-12(2)17(11)21-10-16(20)14-4-3-5-15(19)8-14/h3-8,16,20H,10,19H2,1-2H3. The van der Waals surface area contributed by atoms with Crippen molar-refractivity contribution in [1.82, 2.24) is 0 Å². The van der Waals surface area contributed by atoms with Gasteiger partial charge in [0.25, 0.3) is 0 Å². The lowest BCUT2D eigenvalue weighted by molar-refractivity contribution is 0.107. The largest absolute Gasteiger partial charge is 0.490 e. The van der Waals surface area contributed by atoms with Crippen molar-refractivity contribution in [3.63, 3.8) is 0 Å². The molecule has 0 saturated heterocycles. The number of aliphatic hydroxyl groups is 1. The summed E-state index contributed by atoms with van der Waals surface area (Å²) in [7, 11) is 0. The highest BCUT2D eigenvalue weighted by atomic mass is 16.5. The molecular weight excluding hydrogens is 264 g/mol. The first-order valence-corrected chi connectivity index (χ1v) is 6.69. The molecule has 0 heterocycles. The first kappa shape index (κ1) is 14.9. The molecule has 3 N–H and O–H groups in total. The van der Waals surface area contributed by atoms with Gasteiger partial charge in [-0.2, -0.15) is 5.26 Å². The van der Waals surface area contributed by atoms with Crippen LogP contribution < -0.4 is 10.5 Å². The second kappa shape index (κ2) is 6.29. The van der Waals surface area contributed by atoms with Crippen LogP contribution in [0.5, 0.6) is 5.75 Å². The molecule has 4 nitrogen and oxygen atoms in total. The first-order chi connectivity index (χ1) is 10.0. The second-order valence-electron chi connectivity index (χ2n) is 5.05. The fourth-order valence-corrected chi connectivity index (χ4v) is 2.27. The topological polar surface area (TPSA) is 79.3 Å². The van der Waals surface area contributed by atoms with Gasteiger partial charge in [0, 0.05) is 5.69 Å². The number of aliphatic hydroxyl groups excluding tert-OH is 1. The van der Waals surface area contributed by atoms with E-state index in [0.717, 1.165) is 16.7 Å². The van der Waals surface area contributed by atoms with Crippen LogP contribution in [0.4, 0.5) is 5.69 Å². The number of rotatable bonds is 4. The molecule has 0 saturated carbocycles. The van der Waals surface area contributed by atoms with Crippen LogP contribution >= 0.6 is 0 Å². The molecule has 0 aliphatic carbocycles. The quantitative estimate of drug-likeness (QED) is 0.845. The van der Waals surface area contributed by atoms with E-state index in [9.17, 15) is 5.11 Å². The van der Waals surface area contributed by atoms with Gasteiger partial charge in [-0.15, -0.1) is 0 Å². The molecule has 0 aromatic heterocycles. The van der Waals surface area contributed by atoms with Gasteiger partial charge in [-0.05, 0) is 54.8 Å². The molecule has 108 valence electrons. The number of ether oxygens (including phenoxy) is 1. The van der Waals surface area contributed by atoms with Crippen LogP contribution in [0.15, 0.2) is 36.4 Å². The van der Waals surface area contributed by atoms with Crippen molar-refractivity contribution < 1.29 is 9.84 Å². The Bertz CT molecular complexity index is 666. The van der Waals surface area contributed by atoms with E-state index in [1.807, 2.05) is 19.9 Å². The normalized spacial score (nSPS) is 11.7. The molecule has 0 aliphatic heterocycles. The summed E-state index contributed by atoms with van der Waals surface area (Å²) in [6.07, 6.45) is -0.747. The highest BCUT2D eigenvalue weighted by molar-refractivity contribution is 5.47. The molecule has 0 fully saturated rings. The van der Waals surface area contributed by atoms with E-state index in [-0.39, 0.29) is 6.61 Å². The fourth-order valence-electron chi connectivity index (χ4n) is 2.27. The van der Waals surface area contributed by atoms with Crippen LogP contribution in [-0.2, 0) is 0 Å². The van der Waals surface area contributed by atoms with Crippen LogP contribution in [0.2, 0.25) is 0 Å². The van der Waals surface area contributed by atoms with Crippen LogP contribution in [0.25, 0.3) is 0 Å². The Kier molecular flexibility index (Phi) is 4.46. The lowest BCUT2D eigenvalue weighted by Gasteiger charge is -2.16. The van der Waals surface area contributed by atoms with Gasteiger partial charge in [0.2, 0.25) is 0 Å². The molecule has 0 amide bonds. The molecular formula is C17H18N2O2. The SMILES string of the molecule is Cc1cc(C#N)cc(C)c1OCC(O)c1cccc(N)c1. The van der Waals surface area contributed by atoms with Crippen molar-refractivity contribution >= 4 is 5.69 Å². The molecule has 2 aromatic rings. The van der Waals surface area contributed by atoms with Gasteiger partial charge >= 0.3 is 0 Å². The lowest BCUT2D eigenvalue weighted by atomic mass is 10.1. The smallest absolute Gasteiger partial charge is 0.125 e. The van der Waals surface area contributed by atoms with Crippen LogP contribution in [0.3, 0.4) is 0 Å². The summed E-state index contributed by atoms with van der Waals surface area (Å²) in [5.74, 6) is 0.706. The zero-order valence-corrected chi connectivity index (χ0v) is 12.1. The molecule has 0 radical (unpaired) electrons. The van der Waals surface area contributed by atoms with Crippen LogP contribution in [0, 0.1) is 25.2 Å². The summed E-state index contributed by atoms with van der Waals surface area (Å²) in [4.78, 5) is 0. The van der Waals surface area contributed by atoms with Crippen molar-refractivity contribution in [2.24, 2.45) is 0 Å². The minimum absolute atomic E-state index is 0.136. The van der Waals surface area contributed by atoms with E-state index in [1.165, 1.54) is 0 Å². The Morgan fingerprint density at radius 2 is 1.90 bits per heavy atom. The number of hydrogen-bond donors (Lipinski definition) is 2. The maximum Gasteiger partial charge on any atom is 0.125 e. The number of hydrogen-bond acceptors (Lipinski definition) is 4. The van der Waals surface area contributed by atoms with Crippen LogP contribution in [-0.4, -0.2) is 11.7 Å². The van der Waals surface area contributed by atoms with Gasteiger partial charge in [-0.3, -0.25) is 0 Å². The zero-order valence-electron chi connectivity index (χ0n) is 12.1. The van der Waals surface area contributed by atoms with Gasteiger partial charge in [-0.25, -0.2) is 0 Å². The van der Waals surface area contributed by atoms with Crippen molar-refractivity contribution in [1.29, 1.82) is 5.26 Å². The predicted molar refractivity (Wildman–Crippen MR) is 81.9 cm³/mol. The van der Waals surface area contributed by atoms with Gasteiger partial charge < -0.3 is 15.6 Å². The Morgan fingerprint density at radius 3 is 2.48 bits per heavy atom. The molecule has 21 heavy (non-hydrogen) atoms. The molecule has 0 aliphatic rings. The summed E-state index contributed by atoms with van der Waals surface area (Å²) in [5, 5.41) is 19.1. The summed E-state index contributed by atoms with van der Waals surface area (Å²) in [6, 6.07) is 12.8. The maximum absolute atomic E-state index is 10.2. The highest BCUT2D eigenvalue weighted by Gasteiger charge is 2.12. The van der Waals surface area contributed by atoms with Crippen molar-refractivity contribution in [2.75, 3.05) is 12.3 Å². The van der Waals surface area contributed by atoms with Gasteiger partial charge in [0.15, 0.2) is 0 Å². The van der Waals surface area contributed by atoms with E-state index in [0.29, 0.717) is 17.0 Å². The van der Waals surface area contributed by atoms with Gasteiger partial charge in [-0.1, -0.05) is 12.1 Å². The Morgan fingerprint density at radius 1 is 1.24 bits per heavy atom. The Hall–Kier alpha value is -2.51. The number of nitrogens with two attached hydrogens (primary N) is 1. The van der Waals surface area contributed by atoms with E-state index in [4.69, 9.17) is 15.7 Å². The van der Waals surface area contributed by atoms with Crippen molar-refractivity contribution in [3.8, 4) is 11.8 Å². The summed E-state index contributed by atoms with van der Waals surface area (Å²) in [5.41, 5.74) is 9.40. The summed E-state index contributed by atoms with van der Waals surface area (Å²) >= 11 is 0. The summed E-state index contributed by atoms with van der Waals surface area (Å²) < 4.78 is 5.72. The second-order valence-corrected chi connectivity index (χ2v) is 5.05. The molecule has 0 bridgehead atoms. The molecule has 1 unspecified atom stereocenters. The lowest BCUT2D eigenvalue weighted by Crippen LogP contribution is -2.11. The number of anilines is 1. The van der Waals surface area contributed by atoms with Crippen molar-refractivity contribution in [2.45, 2.75) is 20.0 Å². The monoisotopic (exact) mass is 282 g/mol. The first-order valence-electron chi connectivity index (χ1n) is 6.69. The average molecular weight is 282 g/mol. The molecule has 0 spiro atoms. The molecule has 1 atom stereocenters. The summed E-state index contributed by atoms with van der Waals surface area (Å²) in [6.45, 7) is 3.91. The number of nitriles is 1. The van der Waals surface area contributed by atoms with E-state index >= 15 is 0 Å². The predicted octanol–water partition coefficient (Wildman–Crippen LogP) is 2.87. The third kappa shape index (κ3) is 3.53. The molecule has 2 rings (SSSR count). The number of nitrogen functional groups attached to an aromatic ring is 1. The highest BCUT2D eigenvalue weighted by Crippen LogP contribution is 2.26. The number of nitrogens with zero attached hydrogens (tertiary/aromatic N) is 1. The zero-order chi connectivity index (χ0) is 15.4. The maximum atomic E-state index is 10.2. The van der Waals surface area contributed by atoms with Gasteiger partial charge in [0.05, 0.1) is 11.6 Å². The Balaban J connectivity index is 2.12. The third-order valence-electron chi connectivity index (χ3n) is 3.27. The Labute approximate surface area is 124 Å². The third-order valence-corrected chi connectivity index (χ3v) is 3.27. The van der Waals surface area contributed by atoms with E-state index in [2.05, 4.69) is 6.07 Å².